The minimum Gasteiger partial charge on any atom is -0.371 e. The third-order valence-electron chi connectivity index (χ3n) is 4.47. The van der Waals surface area contributed by atoms with E-state index in [2.05, 4.69) is 35.3 Å². The van der Waals surface area contributed by atoms with Gasteiger partial charge in [-0.2, -0.15) is 0 Å². The smallest absolute Gasteiger partial charge is 0.240 e. The van der Waals surface area contributed by atoms with Crippen LogP contribution in [0.25, 0.3) is 0 Å². The summed E-state index contributed by atoms with van der Waals surface area (Å²) in [6.07, 6.45) is 5.54. The summed E-state index contributed by atoms with van der Waals surface area (Å²) in [5.74, 6) is 0.677. The summed E-state index contributed by atoms with van der Waals surface area (Å²) in [5.41, 5.74) is 0. The molecular weight excluding hydrogens is 354 g/mol. The molecule has 26 heavy (non-hydrogen) atoms. The predicted octanol–water partition coefficient (Wildman–Crippen LogP) is 0.940. The molecular formula is C16H21N7O2S. The van der Waals surface area contributed by atoms with Gasteiger partial charge in [-0.1, -0.05) is 11.3 Å². The minimum absolute atomic E-state index is 0.0337. The summed E-state index contributed by atoms with van der Waals surface area (Å²) in [4.78, 5) is 25.1. The fourth-order valence-corrected chi connectivity index (χ4v) is 3.95. The second-order valence-electron chi connectivity index (χ2n) is 6.31. The Hall–Kier alpha value is -2.17. The Labute approximate surface area is 155 Å². The first-order valence-corrected chi connectivity index (χ1v) is 9.59. The zero-order valence-corrected chi connectivity index (χ0v) is 15.2. The molecule has 10 heteroatoms. The van der Waals surface area contributed by atoms with Crippen LogP contribution in [-0.2, 0) is 9.53 Å². The quantitative estimate of drug-likeness (QED) is 0.825. The number of aromatic nitrogens is 4. The Kier molecular flexibility index (Phi) is 5.32. The van der Waals surface area contributed by atoms with Crippen molar-refractivity contribution in [1.82, 2.24) is 25.1 Å². The molecule has 4 heterocycles. The van der Waals surface area contributed by atoms with Gasteiger partial charge in [0, 0.05) is 45.2 Å². The molecule has 4 rings (SSSR count). The number of rotatable bonds is 5. The van der Waals surface area contributed by atoms with E-state index in [0.29, 0.717) is 11.7 Å². The standard InChI is InChI=1S/C16H21N7O2S/c24-13(19-16-21-20-14(26-16)12-3-1-10-25-12)11-22-6-8-23(9-7-22)15-17-4-2-5-18-15/h2,4-5,12H,1,3,6-11H2,(H,19,21,24). The lowest BCUT2D eigenvalue weighted by Gasteiger charge is -2.34. The summed E-state index contributed by atoms with van der Waals surface area (Å²) in [6.45, 7) is 4.31. The number of nitrogens with zero attached hydrogens (tertiary/aromatic N) is 6. The minimum atomic E-state index is -0.0653. The van der Waals surface area contributed by atoms with Gasteiger partial charge >= 0.3 is 0 Å². The molecule has 0 bridgehead atoms. The molecule has 2 fully saturated rings. The van der Waals surface area contributed by atoms with Gasteiger partial charge in [0.05, 0.1) is 6.54 Å². The highest BCUT2D eigenvalue weighted by Gasteiger charge is 2.23. The van der Waals surface area contributed by atoms with Crippen LogP contribution in [0.3, 0.4) is 0 Å². The Balaban J connectivity index is 1.24. The molecule has 1 N–H and O–H groups in total. The van der Waals surface area contributed by atoms with E-state index in [4.69, 9.17) is 4.74 Å². The van der Waals surface area contributed by atoms with Gasteiger partial charge in [-0.15, -0.1) is 10.2 Å². The van der Waals surface area contributed by atoms with Crippen molar-refractivity contribution in [2.45, 2.75) is 18.9 Å². The molecule has 138 valence electrons. The molecule has 2 aromatic heterocycles. The van der Waals surface area contributed by atoms with Crippen LogP contribution in [0.1, 0.15) is 24.0 Å². The van der Waals surface area contributed by atoms with Crippen molar-refractivity contribution in [1.29, 1.82) is 0 Å². The largest absolute Gasteiger partial charge is 0.371 e. The molecule has 2 saturated heterocycles. The highest BCUT2D eigenvalue weighted by Crippen LogP contribution is 2.31. The molecule has 1 atom stereocenters. The maximum atomic E-state index is 12.3. The number of anilines is 2. The highest BCUT2D eigenvalue weighted by atomic mass is 32.1. The average Bonchev–Trinajstić information content (AvgIpc) is 3.35. The summed E-state index contributed by atoms with van der Waals surface area (Å²) in [5, 5.41) is 12.4. The first-order chi connectivity index (χ1) is 12.8. The van der Waals surface area contributed by atoms with Gasteiger partial charge in [0.2, 0.25) is 17.0 Å². The number of ether oxygens (including phenoxy) is 1. The summed E-state index contributed by atoms with van der Waals surface area (Å²) >= 11 is 1.40. The van der Waals surface area contributed by atoms with Crippen molar-refractivity contribution >= 4 is 28.3 Å². The van der Waals surface area contributed by atoms with E-state index in [9.17, 15) is 4.79 Å². The third-order valence-corrected chi connectivity index (χ3v) is 5.40. The summed E-state index contributed by atoms with van der Waals surface area (Å²) in [6, 6.07) is 1.81. The van der Waals surface area contributed by atoms with Crippen molar-refractivity contribution < 1.29 is 9.53 Å². The molecule has 0 aliphatic carbocycles. The van der Waals surface area contributed by atoms with Crippen molar-refractivity contribution in [3.8, 4) is 0 Å². The molecule has 0 saturated carbocycles. The first kappa shape index (κ1) is 17.3. The fraction of sp³-hybridized carbons (Fsp3) is 0.562. The number of nitrogens with one attached hydrogen (secondary N) is 1. The van der Waals surface area contributed by atoms with Crippen molar-refractivity contribution in [3.63, 3.8) is 0 Å². The van der Waals surface area contributed by atoms with Gasteiger partial charge in [-0.05, 0) is 18.9 Å². The SMILES string of the molecule is O=C(CN1CCN(c2ncccn2)CC1)Nc1nnc(C2CCCO2)s1. The van der Waals surface area contributed by atoms with E-state index in [1.54, 1.807) is 12.4 Å². The second kappa shape index (κ2) is 8.02. The van der Waals surface area contributed by atoms with Crippen molar-refractivity contribution in [2.24, 2.45) is 0 Å². The Morgan fingerprint density at radius 3 is 2.77 bits per heavy atom. The molecule has 9 nitrogen and oxygen atoms in total. The van der Waals surface area contributed by atoms with Crippen LogP contribution in [0.4, 0.5) is 11.1 Å². The van der Waals surface area contributed by atoms with E-state index < -0.39 is 0 Å². The lowest BCUT2D eigenvalue weighted by Crippen LogP contribution is -2.49. The second-order valence-corrected chi connectivity index (χ2v) is 7.32. The van der Waals surface area contributed by atoms with Gasteiger partial charge in [-0.3, -0.25) is 15.0 Å². The lowest BCUT2D eigenvalue weighted by molar-refractivity contribution is -0.117. The topological polar surface area (TPSA) is 96.4 Å². The first-order valence-electron chi connectivity index (χ1n) is 8.77. The van der Waals surface area contributed by atoms with Crippen LogP contribution in [0.15, 0.2) is 18.5 Å². The van der Waals surface area contributed by atoms with E-state index in [0.717, 1.165) is 56.6 Å². The van der Waals surface area contributed by atoms with E-state index in [1.807, 2.05) is 6.07 Å². The van der Waals surface area contributed by atoms with Crippen LogP contribution in [-0.4, -0.2) is 70.3 Å². The molecule has 0 spiro atoms. The summed E-state index contributed by atoms with van der Waals surface area (Å²) in [7, 11) is 0. The van der Waals surface area contributed by atoms with Crippen molar-refractivity contribution in [3.05, 3.63) is 23.5 Å². The number of carbonyl (C=O) groups excluding carboxylic acids is 1. The van der Waals surface area contributed by atoms with Crippen LogP contribution >= 0.6 is 11.3 Å². The predicted molar refractivity (Wildman–Crippen MR) is 97.2 cm³/mol. The van der Waals surface area contributed by atoms with Crippen LogP contribution in [0.2, 0.25) is 0 Å². The maximum absolute atomic E-state index is 12.3. The molecule has 2 aromatic rings. The van der Waals surface area contributed by atoms with Crippen LogP contribution in [0, 0.1) is 0 Å². The van der Waals surface area contributed by atoms with E-state index in [-0.39, 0.29) is 12.0 Å². The fourth-order valence-electron chi connectivity index (χ4n) is 3.11. The van der Waals surface area contributed by atoms with Gasteiger partial charge in [0.15, 0.2) is 0 Å². The monoisotopic (exact) mass is 375 g/mol. The van der Waals surface area contributed by atoms with Gasteiger partial charge < -0.3 is 9.64 Å². The molecule has 1 unspecified atom stereocenters. The Bertz CT molecular complexity index is 727. The van der Waals surface area contributed by atoms with Crippen LogP contribution in [0.5, 0.6) is 0 Å². The lowest BCUT2D eigenvalue weighted by atomic mass is 10.2. The zero-order chi connectivity index (χ0) is 17.8. The van der Waals surface area contributed by atoms with Crippen molar-refractivity contribution in [2.75, 3.05) is 49.5 Å². The molecule has 0 aromatic carbocycles. The Morgan fingerprint density at radius 1 is 1.23 bits per heavy atom. The Morgan fingerprint density at radius 2 is 2.04 bits per heavy atom. The van der Waals surface area contributed by atoms with Gasteiger partial charge in [0.1, 0.15) is 11.1 Å². The van der Waals surface area contributed by atoms with Crippen LogP contribution < -0.4 is 10.2 Å². The molecule has 2 aliphatic rings. The van der Waals surface area contributed by atoms with E-state index >= 15 is 0 Å². The van der Waals surface area contributed by atoms with Gasteiger partial charge in [0.25, 0.3) is 0 Å². The molecule has 2 aliphatic heterocycles. The number of hydrogen-bond donors (Lipinski definition) is 1. The maximum Gasteiger partial charge on any atom is 0.240 e. The number of hydrogen-bond acceptors (Lipinski definition) is 9. The average molecular weight is 375 g/mol. The summed E-state index contributed by atoms with van der Waals surface area (Å²) < 4.78 is 5.60. The zero-order valence-electron chi connectivity index (χ0n) is 14.4. The number of carbonyl (C=O) groups is 1. The van der Waals surface area contributed by atoms with Gasteiger partial charge in [-0.25, -0.2) is 9.97 Å². The molecule has 0 radical (unpaired) electrons. The number of amides is 1. The molecule has 1 amide bonds. The third kappa shape index (κ3) is 4.14. The van der Waals surface area contributed by atoms with E-state index in [1.165, 1.54) is 11.3 Å². The number of piperazine rings is 1. The highest BCUT2D eigenvalue weighted by molar-refractivity contribution is 7.15. The normalized spacial score (nSPS) is 21.1.